The number of aromatic nitrogens is 3. The highest BCUT2D eigenvalue weighted by molar-refractivity contribution is 6.32. The van der Waals surface area contributed by atoms with E-state index in [1.165, 1.54) is 0 Å². The average Bonchev–Trinajstić information content (AvgIpc) is 3.16. The number of carbonyl (C=O) groups is 1. The summed E-state index contributed by atoms with van der Waals surface area (Å²) in [6.07, 6.45) is 0. The van der Waals surface area contributed by atoms with E-state index < -0.39 is 0 Å². The summed E-state index contributed by atoms with van der Waals surface area (Å²) in [5, 5.41) is 7.90. The minimum Gasteiger partial charge on any atom is -0.319 e. The van der Waals surface area contributed by atoms with Crippen LogP contribution in [-0.2, 0) is 0 Å². The summed E-state index contributed by atoms with van der Waals surface area (Å²) in [7, 11) is 0. The van der Waals surface area contributed by atoms with Gasteiger partial charge in [0.15, 0.2) is 5.82 Å². The second kappa shape index (κ2) is 7.89. The molecule has 4 rings (SSSR count). The van der Waals surface area contributed by atoms with E-state index in [0.717, 1.165) is 22.4 Å². The first-order valence-corrected chi connectivity index (χ1v) is 9.57. The summed E-state index contributed by atoms with van der Waals surface area (Å²) in [5.74, 6) is 0.244. The molecule has 4 aromatic rings. The number of aryl methyl sites for hydroxylation is 2. The van der Waals surface area contributed by atoms with Crippen LogP contribution in [0.3, 0.4) is 0 Å². The molecule has 0 radical (unpaired) electrons. The zero-order valence-corrected chi connectivity index (χ0v) is 16.8. The predicted molar refractivity (Wildman–Crippen MR) is 116 cm³/mol. The molecular weight excluding hydrogens is 384 g/mol. The Kier molecular flexibility index (Phi) is 5.14. The number of hydrogen-bond donors (Lipinski definition) is 1. The maximum absolute atomic E-state index is 12.9. The van der Waals surface area contributed by atoms with Crippen LogP contribution in [0, 0.1) is 13.8 Å². The monoisotopic (exact) mass is 402 g/mol. The SMILES string of the molecule is Cc1ccc(NC(=O)c2nc(-c3ccccc3)n(-c3ccccc3Cl)n2)c(C)c1. The van der Waals surface area contributed by atoms with Crippen molar-refractivity contribution in [3.8, 4) is 17.1 Å². The Hall–Kier alpha value is -3.44. The van der Waals surface area contributed by atoms with Crippen LogP contribution in [0.1, 0.15) is 21.7 Å². The number of rotatable bonds is 4. The normalized spacial score (nSPS) is 10.7. The second-order valence-corrected chi connectivity index (χ2v) is 7.17. The molecular formula is C23H19ClN4O. The van der Waals surface area contributed by atoms with Crippen molar-refractivity contribution in [1.82, 2.24) is 14.8 Å². The van der Waals surface area contributed by atoms with Gasteiger partial charge in [0, 0.05) is 11.3 Å². The molecule has 6 heteroatoms. The molecule has 0 saturated carbocycles. The first kappa shape index (κ1) is 18.9. The summed E-state index contributed by atoms with van der Waals surface area (Å²) in [6.45, 7) is 3.96. The van der Waals surface area contributed by atoms with E-state index in [9.17, 15) is 4.79 Å². The third-order valence-electron chi connectivity index (χ3n) is 4.55. The highest BCUT2D eigenvalue weighted by Gasteiger charge is 2.20. The summed E-state index contributed by atoms with van der Waals surface area (Å²) in [6, 6.07) is 22.8. The lowest BCUT2D eigenvalue weighted by molar-refractivity contribution is 0.101. The van der Waals surface area contributed by atoms with Crippen LogP contribution < -0.4 is 5.32 Å². The molecule has 0 atom stereocenters. The molecule has 0 bridgehead atoms. The highest BCUT2D eigenvalue weighted by atomic mass is 35.5. The van der Waals surface area contributed by atoms with Gasteiger partial charge in [-0.15, -0.1) is 5.10 Å². The number of amides is 1. The first-order chi connectivity index (χ1) is 14.0. The molecule has 1 N–H and O–H groups in total. The van der Waals surface area contributed by atoms with Gasteiger partial charge in [0.25, 0.3) is 5.91 Å². The molecule has 29 heavy (non-hydrogen) atoms. The molecule has 1 aromatic heterocycles. The highest BCUT2D eigenvalue weighted by Crippen LogP contribution is 2.26. The maximum Gasteiger partial charge on any atom is 0.295 e. The quantitative estimate of drug-likeness (QED) is 0.493. The van der Waals surface area contributed by atoms with Crippen molar-refractivity contribution >= 4 is 23.2 Å². The summed E-state index contributed by atoms with van der Waals surface area (Å²) in [4.78, 5) is 17.4. The van der Waals surface area contributed by atoms with Gasteiger partial charge in [0.05, 0.1) is 10.7 Å². The Labute approximate surface area is 174 Å². The summed E-state index contributed by atoms with van der Waals surface area (Å²) in [5.41, 5.74) is 4.34. The van der Waals surface area contributed by atoms with Crippen molar-refractivity contribution in [2.75, 3.05) is 5.32 Å². The molecule has 5 nitrogen and oxygen atoms in total. The average molecular weight is 403 g/mol. The lowest BCUT2D eigenvalue weighted by Gasteiger charge is -2.07. The fourth-order valence-corrected chi connectivity index (χ4v) is 3.32. The molecule has 3 aromatic carbocycles. The Morgan fingerprint density at radius 3 is 2.41 bits per heavy atom. The number of halogens is 1. The van der Waals surface area contributed by atoms with Crippen molar-refractivity contribution in [3.63, 3.8) is 0 Å². The molecule has 0 aliphatic heterocycles. The van der Waals surface area contributed by atoms with Crippen LogP contribution in [0.15, 0.2) is 72.8 Å². The van der Waals surface area contributed by atoms with E-state index in [2.05, 4.69) is 15.4 Å². The maximum atomic E-state index is 12.9. The molecule has 1 amide bonds. The van der Waals surface area contributed by atoms with Gasteiger partial charge in [-0.05, 0) is 37.6 Å². The van der Waals surface area contributed by atoms with E-state index in [-0.39, 0.29) is 11.7 Å². The Bertz CT molecular complexity index is 1180. The number of para-hydroxylation sites is 1. The summed E-state index contributed by atoms with van der Waals surface area (Å²) < 4.78 is 1.61. The molecule has 0 spiro atoms. The van der Waals surface area contributed by atoms with Crippen molar-refractivity contribution in [2.45, 2.75) is 13.8 Å². The lowest BCUT2D eigenvalue weighted by Crippen LogP contribution is -2.15. The zero-order valence-electron chi connectivity index (χ0n) is 16.1. The van der Waals surface area contributed by atoms with Crippen molar-refractivity contribution < 1.29 is 4.79 Å². The standard InChI is InChI=1S/C23H19ClN4O/c1-15-12-13-19(16(2)14-15)25-23(29)21-26-22(17-8-4-3-5-9-17)28(27-21)20-11-7-6-10-18(20)24/h3-14H,1-2H3,(H,25,29). The largest absolute Gasteiger partial charge is 0.319 e. The molecule has 1 heterocycles. The molecule has 0 saturated heterocycles. The van der Waals surface area contributed by atoms with Gasteiger partial charge < -0.3 is 5.32 Å². The number of nitrogens with one attached hydrogen (secondary N) is 1. The van der Waals surface area contributed by atoms with Gasteiger partial charge in [0.2, 0.25) is 5.82 Å². The van der Waals surface area contributed by atoms with Gasteiger partial charge >= 0.3 is 0 Å². The van der Waals surface area contributed by atoms with Gasteiger partial charge in [-0.1, -0.05) is 71.8 Å². The predicted octanol–water partition coefficient (Wildman–Crippen LogP) is 5.46. The van der Waals surface area contributed by atoms with Gasteiger partial charge in [-0.2, -0.15) is 0 Å². The van der Waals surface area contributed by atoms with Crippen LogP contribution >= 0.6 is 11.6 Å². The van der Waals surface area contributed by atoms with Crippen molar-refractivity contribution in [3.05, 3.63) is 94.8 Å². The van der Waals surface area contributed by atoms with Gasteiger partial charge in [0.1, 0.15) is 0 Å². The second-order valence-electron chi connectivity index (χ2n) is 6.76. The van der Waals surface area contributed by atoms with Crippen LogP contribution in [-0.4, -0.2) is 20.7 Å². The van der Waals surface area contributed by atoms with Crippen LogP contribution in [0.2, 0.25) is 5.02 Å². The van der Waals surface area contributed by atoms with E-state index in [1.54, 1.807) is 10.7 Å². The third-order valence-corrected chi connectivity index (χ3v) is 4.87. The van der Waals surface area contributed by atoms with E-state index in [0.29, 0.717) is 16.5 Å². The molecule has 0 aliphatic carbocycles. The first-order valence-electron chi connectivity index (χ1n) is 9.19. The Morgan fingerprint density at radius 2 is 1.69 bits per heavy atom. The molecule has 0 aliphatic rings. The van der Waals surface area contributed by atoms with Crippen LogP contribution in [0.5, 0.6) is 0 Å². The summed E-state index contributed by atoms with van der Waals surface area (Å²) >= 11 is 6.38. The Balaban J connectivity index is 1.77. The smallest absolute Gasteiger partial charge is 0.295 e. The minimum absolute atomic E-state index is 0.0729. The van der Waals surface area contributed by atoms with Gasteiger partial charge in [-0.25, -0.2) is 9.67 Å². The molecule has 0 fully saturated rings. The topological polar surface area (TPSA) is 59.8 Å². The number of benzene rings is 3. The fraction of sp³-hybridized carbons (Fsp3) is 0.0870. The Morgan fingerprint density at radius 1 is 0.966 bits per heavy atom. The number of carbonyl (C=O) groups excluding carboxylic acids is 1. The lowest BCUT2D eigenvalue weighted by atomic mass is 10.1. The van der Waals surface area contributed by atoms with E-state index >= 15 is 0 Å². The van der Waals surface area contributed by atoms with E-state index in [1.807, 2.05) is 80.6 Å². The molecule has 0 unspecified atom stereocenters. The number of anilines is 1. The number of hydrogen-bond acceptors (Lipinski definition) is 3. The van der Waals surface area contributed by atoms with Gasteiger partial charge in [-0.3, -0.25) is 4.79 Å². The van der Waals surface area contributed by atoms with Crippen LogP contribution in [0.25, 0.3) is 17.1 Å². The molecule has 144 valence electrons. The van der Waals surface area contributed by atoms with Crippen LogP contribution in [0.4, 0.5) is 5.69 Å². The van der Waals surface area contributed by atoms with Crippen molar-refractivity contribution in [2.24, 2.45) is 0 Å². The zero-order chi connectivity index (χ0) is 20.4. The third kappa shape index (κ3) is 3.91. The van der Waals surface area contributed by atoms with E-state index in [4.69, 9.17) is 11.6 Å². The minimum atomic E-state index is -0.375. The van der Waals surface area contributed by atoms with Crippen molar-refractivity contribution in [1.29, 1.82) is 0 Å². The fourth-order valence-electron chi connectivity index (χ4n) is 3.11. The number of nitrogens with zero attached hydrogens (tertiary/aromatic N) is 3.